The van der Waals surface area contributed by atoms with Crippen LogP contribution in [0.2, 0.25) is 0 Å². The number of esters is 1. The fraction of sp³-hybridized carbons (Fsp3) is 0.741. The van der Waals surface area contributed by atoms with Gasteiger partial charge < -0.3 is 9.15 Å². The third-order valence-corrected chi connectivity index (χ3v) is 9.03. The maximum absolute atomic E-state index is 12.8. The van der Waals surface area contributed by atoms with Gasteiger partial charge in [0.05, 0.1) is 25.3 Å². The third kappa shape index (κ3) is 4.25. The highest BCUT2D eigenvalue weighted by Gasteiger charge is 2.57. The Hall–Kier alpha value is -1.55. The van der Waals surface area contributed by atoms with E-state index in [1.807, 2.05) is 6.26 Å². The van der Waals surface area contributed by atoms with E-state index in [0.29, 0.717) is 11.8 Å². The zero-order chi connectivity index (χ0) is 22.1. The van der Waals surface area contributed by atoms with Gasteiger partial charge in [0.2, 0.25) is 0 Å². The third-order valence-electron chi connectivity index (χ3n) is 9.03. The molecule has 4 heteroatoms. The lowest BCUT2D eigenvalue weighted by molar-refractivity contribution is -0.168. The van der Waals surface area contributed by atoms with Crippen LogP contribution < -0.4 is 0 Å². The monoisotopic (exact) mass is 427 g/mol. The van der Waals surface area contributed by atoms with Gasteiger partial charge in [-0.2, -0.15) is 0 Å². The topological polar surface area (TPSA) is 42.7 Å². The highest BCUT2D eigenvalue weighted by atomic mass is 16.5. The molecule has 3 aliphatic rings. The van der Waals surface area contributed by atoms with E-state index < -0.39 is 0 Å². The fourth-order valence-electron chi connectivity index (χ4n) is 7.31. The molecule has 1 aromatic heterocycles. The van der Waals surface area contributed by atoms with Crippen molar-refractivity contribution in [3.63, 3.8) is 0 Å². The average Bonchev–Trinajstić information content (AvgIpc) is 3.20. The first kappa shape index (κ1) is 22.6. The van der Waals surface area contributed by atoms with Crippen LogP contribution in [0.25, 0.3) is 0 Å². The molecule has 2 aliphatic carbocycles. The number of rotatable bonds is 6. The van der Waals surface area contributed by atoms with Gasteiger partial charge in [0, 0.05) is 0 Å². The number of allylic oxidation sites excluding steroid dienone is 1. The Kier molecular flexibility index (Phi) is 6.67. The summed E-state index contributed by atoms with van der Waals surface area (Å²) in [4.78, 5) is 15.3. The van der Waals surface area contributed by atoms with Gasteiger partial charge in [0.25, 0.3) is 0 Å². The van der Waals surface area contributed by atoms with Gasteiger partial charge in [-0.3, -0.25) is 9.69 Å². The molecular weight excluding hydrogens is 386 g/mol. The summed E-state index contributed by atoms with van der Waals surface area (Å²) in [6.45, 7) is 12.4. The van der Waals surface area contributed by atoms with E-state index >= 15 is 0 Å². The number of methoxy groups -OCH3 is 1. The SMILES string of the molecule is C=C1CCC2C(C)(C(=O)OC)CCC[C@]2(C)[C@H]1CCc1ccoc1CN1CCCCC1. The molecule has 4 nitrogen and oxygen atoms in total. The Morgan fingerprint density at radius 2 is 2.00 bits per heavy atom. The van der Waals surface area contributed by atoms with Crippen molar-refractivity contribution >= 4 is 5.97 Å². The summed E-state index contributed by atoms with van der Waals surface area (Å²) in [7, 11) is 1.54. The molecule has 31 heavy (non-hydrogen) atoms. The molecule has 2 saturated carbocycles. The average molecular weight is 428 g/mol. The van der Waals surface area contributed by atoms with Gasteiger partial charge in [-0.1, -0.05) is 31.9 Å². The predicted octanol–water partition coefficient (Wildman–Crippen LogP) is 6.15. The number of carbonyl (C=O) groups excluding carboxylic acids is 1. The summed E-state index contributed by atoms with van der Waals surface area (Å²) in [5, 5.41) is 0. The maximum atomic E-state index is 12.8. The van der Waals surface area contributed by atoms with E-state index in [-0.39, 0.29) is 16.8 Å². The standard InChI is InChI=1S/C27H41NO3/c1-20-9-12-24-26(2,14-8-15-27(24,3)25(29)30-4)22(20)11-10-21-13-18-31-23(21)19-28-16-6-5-7-17-28/h13,18,22,24H,1,5-12,14-17,19H2,2-4H3/t22-,24?,26+,27?/m0/s1. The van der Waals surface area contributed by atoms with Crippen LogP contribution in [0.5, 0.6) is 0 Å². The van der Waals surface area contributed by atoms with Gasteiger partial charge in [0.15, 0.2) is 0 Å². The normalized spacial score (nSPS) is 34.4. The number of likely N-dealkylation sites (tertiary alicyclic amines) is 1. The van der Waals surface area contributed by atoms with E-state index in [2.05, 4.69) is 31.4 Å². The number of carbonyl (C=O) groups is 1. The summed E-state index contributed by atoms with van der Waals surface area (Å²) in [5.41, 5.74) is 2.49. The summed E-state index contributed by atoms with van der Waals surface area (Å²) >= 11 is 0. The van der Waals surface area contributed by atoms with Crippen LogP contribution in [0.1, 0.15) is 83.0 Å². The van der Waals surface area contributed by atoms with Crippen LogP contribution in [0, 0.1) is 22.7 Å². The van der Waals surface area contributed by atoms with Crippen molar-refractivity contribution in [3.8, 4) is 0 Å². The fourth-order valence-corrected chi connectivity index (χ4v) is 7.31. The first-order valence-electron chi connectivity index (χ1n) is 12.4. The van der Waals surface area contributed by atoms with Gasteiger partial charge >= 0.3 is 5.97 Å². The minimum Gasteiger partial charge on any atom is -0.469 e. The van der Waals surface area contributed by atoms with Gasteiger partial charge in [-0.25, -0.2) is 0 Å². The molecule has 0 bridgehead atoms. The molecule has 0 amide bonds. The molecule has 172 valence electrons. The van der Waals surface area contributed by atoms with Crippen molar-refractivity contribution in [1.29, 1.82) is 0 Å². The molecule has 0 N–H and O–H groups in total. The van der Waals surface area contributed by atoms with Gasteiger partial charge in [-0.15, -0.1) is 0 Å². The Morgan fingerprint density at radius 3 is 2.74 bits per heavy atom. The quantitative estimate of drug-likeness (QED) is 0.403. The Bertz CT molecular complexity index is 792. The lowest BCUT2D eigenvalue weighted by atomic mass is 9.46. The Labute approximate surface area is 188 Å². The number of aryl methyl sites for hydroxylation is 1. The summed E-state index contributed by atoms with van der Waals surface area (Å²) < 4.78 is 11.2. The van der Waals surface area contributed by atoms with Crippen molar-refractivity contribution in [1.82, 2.24) is 4.90 Å². The highest BCUT2D eigenvalue weighted by Crippen LogP contribution is 2.62. The molecule has 0 aromatic carbocycles. The van der Waals surface area contributed by atoms with Crippen LogP contribution >= 0.6 is 0 Å². The largest absolute Gasteiger partial charge is 0.469 e. The predicted molar refractivity (Wildman–Crippen MR) is 124 cm³/mol. The molecule has 4 rings (SSSR count). The molecule has 2 heterocycles. The smallest absolute Gasteiger partial charge is 0.311 e. The first-order chi connectivity index (χ1) is 14.9. The van der Waals surface area contributed by atoms with Crippen molar-refractivity contribution in [2.75, 3.05) is 20.2 Å². The van der Waals surface area contributed by atoms with E-state index in [1.165, 1.54) is 49.9 Å². The number of furan rings is 1. The molecule has 2 unspecified atom stereocenters. The molecule has 0 spiro atoms. The number of hydrogen-bond acceptors (Lipinski definition) is 4. The van der Waals surface area contributed by atoms with E-state index in [1.54, 1.807) is 7.11 Å². The minimum atomic E-state index is -0.365. The van der Waals surface area contributed by atoms with Crippen LogP contribution in [0.15, 0.2) is 28.9 Å². The Balaban J connectivity index is 1.49. The van der Waals surface area contributed by atoms with Crippen molar-refractivity contribution in [3.05, 3.63) is 35.8 Å². The van der Waals surface area contributed by atoms with Crippen LogP contribution in [-0.4, -0.2) is 31.1 Å². The number of nitrogens with zero attached hydrogens (tertiary/aromatic N) is 1. The first-order valence-corrected chi connectivity index (χ1v) is 12.4. The molecule has 3 fully saturated rings. The summed E-state index contributed by atoms with van der Waals surface area (Å²) in [6, 6.07) is 2.17. The van der Waals surface area contributed by atoms with Gasteiger partial charge in [-0.05, 0) is 100 Å². The molecule has 4 atom stereocenters. The second-order valence-electron chi connectivity index (χ2n) is 10.8. The van der Waals surface area contributed by atoms with Crippen LogP contribution in [0.3, 0.4) is 0 Å². The maximum Gasteiger partial charge on any atom is 0.311 e. The minimum absolute atomic E-state index is 0.0201. The molecule has 1 aliphatic heterocycles. The number of piperidine rings is 1. The highest BCUT2D eigenvalue weighted by molar-refractivity contribution is 5.77. The lowest BCUT2D eigenvalue weighted by Gasteiger charge is -2.57. The Morgan fingerprint density at radius 1 is 1.23 bits per heavy atom. The second kappa shape index (κ2) is 9.13. The number of ether oxygens (including phenoxy) is 1. The van der Waals surface area contributed by atoms with Crippen molar-refractivity contribution < 1.29 is 13.9 Å². The number of fused-ring (bicyclic) bond motifs is 1. The summed E-state index contributed by atoms with van der Waals surface area (Å²) in [5.74, 6) is 1.95. The van der Waals surface area contributed by atoms with Crippen LogP contribution in [-0.2, 0) is 22.5 Å². The van der Waals surface area contributed by atoms with Crippen molar-refractivity contribution in [2.45, 2.75) is 84.6 Å². The number of hydrogen-bond donors (Lipinski definition) is 0. The zero-order valence-electron chi connectivity index (χ0n) is 19.9. The second-order valence-corrected chi connectivity index (χ2v) is 10.8. The van der Waals surface area contributed by atoms with Gasteiger partial charge in [0.1, 0.15) is 5.76 Å². The van der Waals surface area contributed by atoms with E-state index in [4.69, 9.17) is 9.15 Å². The van der Waals surface area contributed by atoms with E-state index in [9.17, 15) is 4.79 Å². The molecular formula is C27H41NO3. The molecule has 1 saturated heterocycles. The summed E-state index contributed by atoms with van der Waals surface area (Å²) in [6.07, 6.45) is 13.3. The lowest BCUT2D eigenvalue weighted by Crippen LogP contribution is -2.53. The molecule has 1 aromatic rings. The molecule has 0 radical (unpaired) electrons. The van der Waals surface area contributed by atoms with Crippen LogP contribution in [0.4, 0.5) is 0 Å². The van der Waals surface area contributed by atoms with E-state index in [0.717, 1.165) is 50.8 Å². The van der Waals surface area contributed by atoms with Crippen molar-refractivity contribution in [2.24, 2.45) is 22.7 Å². The zero-order valence-corrected chi connectivity index (χ0v) is 19.9.